The van der Waals surface area contributed by atoms with Crippen molar-refractivity contribution in [2.24, 2.45) is 0 Å². The summed E-state index contributed by atoms with van der Waals surface area (Å²) in [5.41, 5.74) is 1.97. The fourth-order valence-corrected chi connectivity index (χ4v) is 0.567. The molecule has 0 aromatic rings. The van der Waals surface area contributed by atoms with Crippen LogP contribution in [-0.2, 0) is 31.9 Å². The zero-order valence-corrected chi connectivity index (χ0v) is 14.6. The molecule has 0 bridgehead atoms. The molecule has 4 heteroatoms. The topological polar surface area (TPSA) is 23.8 Å². The summed E-state index contributed by atoms with van der Waals surface area (Å²) in [6, 6.07) is 0. The third-order valence-corrected chi connectivity index (χ3v) is 1.33. The monoisotopic (exact) mass is 403 g/mol. The molecule has 0 fully saturated rings. The second kappa shape index (κ2) is 23.5. The van der Waals surface area contributed by atoms with Crippen molar-refractivity contribution in [1.29, 1.82) is 5.26 Å². The van der Waals surface area contributed by atoms with Crippen molar-refractivity contribution in [2.75, 3.05) is 0 Å². The first-order valence-electron chi connectivity index (χ1n) is 3.86. The fraction of sp³-hybridized carbons (Fsp3) is 0.400. The van der Waals surface area contributed by atoms with E-state index in [4.69, 9.17) is 11.8 Å². The Kier molecular flexibility index (Phi) is 40.5. The molecular weight excluding hydrogens is 390 g/mol. The molecule has 0 N–H and O–H groups in total. The maximum atomic E-state index is 6.25. The van der Waals surface area contributed by atoms with Gasteiger partial charge in [-0.1, -0.05) is 26.2 Å². The van der Waals surface area contributed by atoms with Gasteiger partial charge < -0.3 is 11.8 Å². The first-order valence-corrected chi connectivity index (χ1v) is 12.9. The van der Waals surface area contributed by atoms with Gasteiger partial charge in [0.2, 0.25) is 0 Å². The second-order valence-electron chi connectivity index (χ2n) is 2.31. The van der Waals surface area contributed by atoms with Gasteiger partial charge in [0, 0.05) is 0 Å². The molecule has 0 spiro atoms. The third-order valence-electron chi connectivity index (χ3n) is 1.33. The first-order chi connectivity index (χ1) is 6.18. The summed E-state index contributed by atoms with van der Waals surface area (Å²) in [7, 11) is 0. The van der Waals surface area contributed by atoms with Gasteiger partial charge in [-0.25, -0.2) is 0 Å². The van der Waals surface area contributed by atoms with E-state index >= 15 is 0 Å². The maximum absolute atomic E-state index is 6.25. The summed E-state index contributed by atoms with van der Waals surface area (Å²) in [6.07, 6.45) is 3.47. The van der Waals surface area contributed by atoms with Crippen LogP contribution in [0.25, 0.3) is 0 Å². The van der Waals surface area contributed by atoms with Crippen LogP contribution >= 0.6 is 19.8 Å². The van der Waals surface area contributed by atoms with E-state index in [1.54, 1.807) is 0 Å². The molecule has 0 aromatic heterocycles. The summed E-state index contributed by atoms with van der Waals surface area (Å²) >= 11 is 3.62. The van der Waals surface area contributed by atoms with E-state index < -0.39 is 0 Å². The van der Waals surface area contributed by atoms with E-state index in [1.165, 1.54) is 27.6 Å². The molecule has 0 unspecified atom stereocenters. The van der Waals surface area contributed by atoms with Crippen molar-refractivity contribution in [2.45, 2.75) is 26.2 Å². The van der Waals surface area contributed by atoms with Crippen LogP contribution in [0.2, 0.25) is 0 Å². The molecule has 0 aliphatic carbocycles. The minimum atomic E-state index is 0. The number of unbranched alkanes of at least 4 members (excludes halogenated alkanes) is 1. The van der Waals surface area contributed by atoms with E-state index in [9.17, 15) is 0 Å². The van der Waals surface area contributed by atoms with Crippen LogP contribution in [0.5, 0.6) is 0 Å². The molecule has 14 heavy (non-hydrogen) atoms. The van der Waals surface area contributed by atoms with Crippen LogP contribution in [-0.4, -0.2) is 0 Å². The molecule has 0 aliphatic rings. The molecule has 0 atom stereocenters. The van der Waals surface area contributed by atoms with Gasteiger partial charge in [-0.05, 0) is 0 Å². The van der Waals surface area contributed by atoms with Crippen LogP contribution in [0.15, 0.2) is 24.3 Å². The van der Waals surface area contributed by atoms with Gasteiger partial charge in [-0.2, -0.15) is 31.2 Å². The van der Waals surface area contributed by atoms with Crippen molar-refractivity contribution in [3.05, 3.63) is 37.8 Å². The molecule has 0 amide bonds. The van der Waals surface area contributed by atoms with Crippen LogP contribution in [0.1, 0.15) is 26.2 Å². The van der Waals surface area contributed by atoms with Crippen molar-refractivity contribution >= 4 is 19.8 Å². The molecule has 0 saturated carbocycles. The quantitative estimate of drug-likeness (QED) is 0.299. The van der Waals surface area contributed by atoms with Crippen LogP contribution in [0.4, 0.5) is 0 Å². The average molecular weight is 405 g/mol. The number of hydrogen-bond donors (Lipinski definition) is 0. The molecule has 1 nitrogen and oxygen atoms in total. The van der Waals surface area contributed by atoms with Gasteiger partial charge in [0.15, 0.2) is 0 Å². The summed E-state index contributed by atoms with van der Waals surface area (Å²) in [4.78, 5) is 0. The van der Waals surface area contributed by atoms with E-state index in [0.717, 1.165) is 17.6 Å². The Morgan fingerprint density at radius 1 is 1.43 bits per heavy atom. The van der Waals surface area contributed by atoms with E-state index in [1.807, 2.05) is 0 Å². The Labute approximate surface area is 120 Å². The minimum absolute atomic E-state index is 0. The molecule has 0 heterocycles. The molecule has 0 aromatic carbocycles. The number of nitrogens with zero attached hydrogens (tertiary/aromatic N) is 1. The molecule has 0 saturated heterocycles. The van der Waals surface area contributed by atoms with Gasteiger partial charge in [-0.15, -0.1) is 0 Å². The molecule has 80 valence electrons. The zero-order valence-electron chi connectivity index (χ0n) is 8.58. The molecule has 0 radical (unpaired) electrons. The van der Waals surface area contributed by atoms with Gasteiger partial charge in [-0.3, -0.25) is 0 Å². The Balaban J connectivity index is -0.0000000883. The molecule has 0 aliphatic heterocycles. The Bertz CT molecular complexity index is 157. The molecule has 0 rings (SSSR count). The second-order valence-corrected chi connectivity index (χ2v) is 2.31. The Morgan fingerprint density at radius 2 is 1.79 bits per heavy atom. The summed E-state index contributed by atoms with van der Waals surface area (Å²) < 4.78 is 0. The van der Waals surface area contributed by atoms with Crippen molar-refractivity contribution in [1.82, 2.24) is 0 Å². The fourth-order valence-electron chi connectivity index (χ4n) is 0.567. The van der Waals surface area contributed by atoms with Crippen molar-refractivity contribution in [3.8, 4) is 0 Å². The standard InChI is InChI=1S/C9H15.CN.Cu.HI.Zn/c1-5-6-7-9(4)8(2)3;1-2;;;/h2-7H2,1H3;;;1H;/q2*-1;+1;;+2/p-1. The van der Waals surface area contributed by atoms with Crippen molar-refractivity contribution < 1.29 is 31.9 Å². The zero-order chi connectivity index (χ0) is 11.3. The molecular formula is C10H15CuINZn. The van der Waals surface area contributed by atoms with Gasteiger partial charge in [0.25, 0.3) is 0 Å². The summed E-state index contributed by atoms with van der Waals surface area (Å²) in [5, 5.41) is 6.25. The van der Waals surface area contributed by atoms with Crippen LogP contribution in [0, 0.1) is 18.8 Å². The third kappa shape index (κ3) is 23.0. The summed E-state index contributed by atoms with van der Waals surface area (Å²) in [5.74, 6) is 0. The predicted molar refractivity (Wildman–Crippen MR) is 62.2 cm³/mol. The predicted octanol–water partition coefficient (Wildman–Crippen LogP) is 4.10. The van der Waals surface area contributed by atoms with Crippen LogP contribution in [0.3, 0.4) is 0 Å². The Morgan fingerprint density at radius 3 is 2.00 bits per heavy atom. The number of allylic oxidation sites excluding steroid dienone is 2. The van der Waals surface area contributed by atoms with Crippen LogP contribution < -0.4 is 0 Å². The first kappa shape index (κ1) is 24.1. The summed E-state index contributed by atoms with van der Waals surface area (Å²) in [6.45, 7) is 18.1. The normalized spacial score (nSPS) is 6.43. The van der Waals surface area contributed by atoms with Gasteiger partial charge in [0.05, 0.1) is 0 Å². The number of halogens is 1. The van der Waals surface area contributed by atoms with Gasteiger partial charge >= 0.3 is 51.6 Å². The van der Waals surface area contributed by atoms with E-state index in [0.29, 0.717) is 0 Å². The number of hydrogen-bond acceptors (Lipinski definition) is 1. The average Bonchev–Trinajstić information content (AvgIpc) is 2.20. The van der Waals surface area contributed by atoms with Gasteiger partial charge in [0.1, 0.15) is 0 Å². The van der Waals surface area contributed by atoms with E-state index in [-0.39, 0.29) is 17.1 Å². The van der Waals surface area contributed by atoms with E-state index in [2.05, 4.69) is 46.8 Å². The Hall–Kier alpha value is 0.713. The number of rotatable bonds is 4. The van der Waals surface area contributed by atoms with Crippen molar-refractivity contribution in [3.63, 3.8) is 0 Å². The SMILES string of the molecule is C=C([CH2-])C(=C)CCCC.[C-]#N.[Cu+].[Zn+][I].